The second-order valence-electron chi connectivity index (χ2n) is 10.8. The van der Waals surface area contributed by atoms with Crippen molar-refractivity contribution in [3.63, 3.8) is 0 Å². The fourth-order valence-corrected chi connectivity index (χ4v) is 6.33. The van der Waals surface area contributed by atoms with Crippen LogP contribution in [0.5, 0.6) is 0 Å². The molecule has 1 aromatic heterocycles. The minimum atomic E-state index is -1.32. The Hall–Kier alpha value is -3.18. The van der Waals surface area contributed by atoms with Crippen molar-refractivity contribution in [2.75, 3.05) is 24.5 Å². The summed E-state index contributed by atoms with van der Waals surface area (Å²) in [5.74, 6) is -0.0420. The van der Waals surface area contributed by atoms with Crippen molar-refractivity contribution in [2.45, 2.75) is 65.0 Å². The first-order valence-corrected chi connectivity index (χ1v) is 13.2. The Morgan fingerprint density at radius 2 is 1.42 bits per heavy atom. The molecule has 188 valence electrons. The maximum Gasteiger partial charge on any atom is 0.257 e. The highest BCUT2D eigenvalue weighted by molar-refractivity contribution is 6.00. The van der Waals surface area contributed by atoms with Crippen molar-refractivity contribution in [3.05, 3.63) is 93.8 Å². The molecule has 5 rings (SSSR count). The summed E-state index contributed by atoms with van der Waals surface area (Å²) < 4.78 is 0. The van der Waals surface area contributed by atoms with Gasteiger partial charge < -0.3 is 14.9 Å². The summed E-state index contributed by atoms with van der Waals surface area (Å²) in [6, 6.07) is 14.1. The highest BCUT2D eigenvalue weighted by Gasteiger charge is 2.48. The molecule has 2 aromatic carbocycles. The lowest BCUT2D eigenvalue weighted by Crippen LogP contribution is -2.50. The summed E-state index contributed by atoms with van der Waals surface area (Å²) in [6.07, 6.45) is 7.35. The Balaban J connectivity index is 1.62. The molecule has 0 saturated carbocycles. The van der Waals surface area contributed by atoms with E-state index in [2.05, 4.69) is 74.0 Å². The number of aliphatic hydroxyl groups is 1. The minimum absolute atomic E-state index is 0.0420. The molecule has 2 aliphatic heterocycles. The lowest BCUT2D eigenvalue weighted by molar-refractivity contribution is -0.000838. The Kier molecular flexibility index (Phi) is 6.60. The zero-order valence-corrected chi connectivity index (χ0v) is 21.9. The van der Waals surface area contributed by atoms with E-state index in [1.807, 2.05) is 11.0 Å². The van der Waals surface area contributed by atoms with Crippen molar-refractivity contribution in [1.82, 2.24) is 9.88 Å². The van der Waals surface area contributed by atoms with E-state index in [9.17, 15) is 9.90 Å². The SMILES string of the molecule is Cc1cc(C)cc(C(O)(c2cc(C)cc(C)c2)[C@@H]2CCCN2C(=O)c2cnccc2N2CCCC2)c1. The molecule has 0 spiro atoms. The summed E-state index contributed by atoms with van der Waals surface area (Å²) in [5.41, 5.74) is 6.38. The van der Waals surface area contributed by atoms with Gasteiger partial charge >= 0.3 is 0 Å². The molecule has 2 aliphatic rings. The maximum absolute atomic E-state index is 14.2. The van der Waals surface area contributed by atoms with Crippen LogP contribution in [0, 0.1) is 27.7 Å². The third kappa shape index (κ3) is 4.41. The number of amides is 1. The number of hydrogen-bond donors (Lipinski definition) is 1. The van der Waals surface area contributed by atoms with Crippen LogP contribution in [0.2, 0.25) is 0 Å². The van der Waals surface area contributed by atoms with Gasteiger partial charge in [-0.25, -0.2) is 0 Å². The number of nitrogens with zero attached hydrogens (tertiary/aromatic N) is 3. The number of hydrogen-bond acceptors (Lipinski definition) is 4. The molecule has 5 heteroatoms. The summed E-state index contributed by atoms with van der Waals surface area (Å²) in [5, 5.41) is 12.8. The minimum Gasteiger partial charge on any atom is -0.378 e. The standard InChI is InChI=1S/C31H37N3O2/c1-21-14-22(2)17-25(16-21)31(36,26-18-23(3)15-24(4)19-26)29-8-7-13-34(29)30(35)27-20-32-10-9-28(27)33-11-5-6-12-33/h9-10,14-20,29,36H,5-8,11-13H2,1-4H3/t29-/m0/s1. The van der Waals surface area contributed by atoms with E-state index >= 15 is 0 Å². The van der Waals surface area contributed by atoms with Crippen molar-refractivity contribution in [1.29, 1.82) is 0 Å². The molecule has 1 atom stereocenters. The van der Waals surface area contributed by atoms with Gasteiger partial charge in [0, 0.05) is 32.0 Å². The van der Waals surface area contributed by atoms with Gasteiger partial charge in [-0.1, -0.05) is 58.7 Å². The van der Waals surface area contributed by atoms with Gasteiger partial charge in [0.15, 0.2) is 0 Å². The molecular formula is C31H37N3O2. The molecule has 3 heterocycles. The van der Waals surface area contributed by atoms with E-state index in [0.29, 0.717) is 12.1 Å². The largest absolute Gasteiger partial charge is 0.378 e. The van der Waals surface area contributed by atoms with E-state index < -0.39 is 5.60 Å². The molecule has 0 radical (unpaired) electrons. The molecule has 1 amide bonds. The summed E-state index contributed by atoms with van der Waals surface area (Å²) in [7, 11) is 0. The van der Waals surface area contributed by atoms with E-state index in [1.54, 1.807) is 12.4 Å². The van der Waals surface area contributed by atoms with Crippen LogP contribution in [-0.2, 0) is 5.60 Å². The Bertz CT molecular complexity index is 1190. The van der Waals surface area contributed by atoms with E-state index in [0.717, 1.165) is 77.8 Å². The summed E-state index contributed by atoms with van der Waals surface area (Å²) in [4.78, 5) is 22.7. The lowest BCUT2D eigenvalue weighted by atomic mass is 9.77. The second-order valence-corrected chi connectivity index (χ2v) is 10.8. The topological polar surface area (TPSA) is 56.7 Å². The van der Waals surface area contributed by atoms with Gasteiger partial charge in [-0.15, -0.1) is 0 Å². The first-order valence-electron chi connectivity index (χ1n) is 13.2. The van der Waals surface area contributed by atoms with Crippen molar-refractivity contribution < 1.29 is 9.90 Å². The number of carbonyl (C=O) groups is 1. The van der Waals surface area contributed by atoms with Crippen LogP contribution in [0.3, 0.4) is 0 Å². The number of rotatable bonds is 5. The van der Waals surface area contributed by atoms with E-state index in [-0.39, 0.29) is 11.9 Å². The zero-order chi connectivity index (χ0) is 25.4. The van der Waals surface area contributed by atoms with Gasteiger partial charge in [-0.2, -0.15) is 0 Å². The van der Waals surface area contributed by atoms with Crippen LogP contribution in [-0.4, -0.2) is 46.6 Å². The van der Waals surface area contributed by atoms with Gasteiger partial charge in [-0.3, -0.25) is 9.78 Å². The number of pyridine rings is 1. The van der Waals surface area contributed by atoms with Crippen LogP contribution < -0.4 is 4.90 Å². The highest BCUT2D eigenvalue weighted by atomic mass is 16.3. The predicted molar refractivity (Wildman–Crippen MR) is 145 cm³/mol. The normalized spacial score (nSPS) is 18.2. The molecule has 36 heavy (non-hydrogen) atoms. The maximum atomic E-state index is 14.2. The Morgan fingerprint density at radius 3 is 1.97 bits per heavy atom. The Morgan fingerprint density at radius 1 is 0.861 bits per heavy atom. The van der Waals surface area contributed by atoms with E-state index in [1.165, 1.54) is 0 Å². The number of aromatic nitrogens is 1. The smallest absolute Gasteiger partial charge is 0.257 e. The predicted octanol–water partition coefficient (Wildman–Crippen LogP) is 5.46. The van der Waals surface area contributed by atoms with Crippen LogP contribution in [0.1, 0.15) is 69.4 Å². The van der Waals surface area contributed by atoms with Crippen LogP contribution in [0.4, 0.5) is 5.69 Å². The van der Waals surface area contributed by atoms with Crippen LogP contribution in [0.25, 0.3) is 0 Å². The van der Waals surface area contributed by atoms with E-state index in [4.69, 9.17) is 0 Å². The fourth-order valence-electron chi connectivity index (χ4n) is 6.33. The first-order chi connectivity index (χ1) is 17.3. The van der Waals surface area contributed by atoms with Crippen molar-refractivity contribution in [2.24, 2.45) is 0 Å². The molecular weight excluding hydrogens is 446 g/mol. The number of benzene rings is 2. The number of likely N-dealkylation sites (tertiary alicyclic amines) is 1. The number of aryl methyl sites for hydroxylation is 4. The summed E-state index contributed by atoms with van der Waals surface area (Å²) in [6.45, 7) is 10.8. The molecule has 0 aliphatic carbocycles. The third-order valence-corrected chi connectivity index (χ3v) is 7.79. The second kappa shape index (κ2) is 9.70. The fraction of sp³-hybridized carbons (Fsp3) is 0.419. The summed E-state index contributed by atoms with van der Waals surface area (Å²) >= 11 is 0. The molecule has 5 nitrogen and oxygen atoms in total. The zero-order valence-electron chi connectivity index (χ0n) is 21.9. The third-order valence-electron chi connectivity index (χ3n) is 7.79. The first kappa shape index (κ1) is 24.5. The van der Waals surface area contributed by atoms with Crippen LogP contribution >= 0.6 is 0 Å². The van der Waals surface area contributed by atoms with Gasteiger partial charge in [0.05, 0.1) is 17.3 Å². The molecule has 1 N–H and O–H groups in total. The molecule has 0 bridgehead atoms. The highest BCUT2D eigenvalue weighted by Crippen LogP contribution is 2.42. The van der Waals surface area contributed by atoms with Gasteiger partial charge in [0.1, 0.15) is 5.60 Å². The average Bonchev–Trinajstić information content (AvgIpc) is 3.55. The van der Waals surface area contributed by atoms with Crippen LogP contribution in [0.15, 0.2) is 54.9 Å². The average molecular weight is 484 g/mol. The van der Waals surface area contributed by atoms with Crippen molar-refractivity contribution >= 4 is 11.6 Å². The number of anilines is 1. The van der Waals surface area contributed by atoms with Crippen molar-refractivity contribution in [3.8, 4) is 0 Å². The monoisotopic (exact) mass is 483 g/mol. The molecule has 2 saturated heterocycles. The number of carbonyl (C=O) groups excluding carboxylic acids is 1. The molecule has 2 fully saturated rings. The van der Waals surface area contributed by atoms with Gasteiger partial charge in [0.25, 0.3) is 5.91 Å². The van der Waals surface area contributed by atoms with Gasteiger partial charge in [-0.05, 0) is 70.6 Å². The molecule has 3 aromatic rings. The quantitative estimate of drug-likeness (QED) is 0.524. The Labute approximate surface area is 214 Å². The van der Waals surface area contributed by atoms with Gasteiger partial charge in [0.2, 0.25) is 0 Å². The lowest BCUT2D eigenvalue weighted by Gasteiger charge is -2.41. The molecule has 0 unspecified atom stereocenters.